The van der Waals surface area contributed by atoms with Crippen molar-refractivity contribution in [2.75, 3.05) is 13.2 Å². The fourth-order valence-electron chi connectivity index (χ4n) is 1.31. The minimum absolute atomic E-state index is 0.422. The van der Waals surface area contributed by atoms with Crippen molar-refractivity contribution in [3.05, 3.63) is 23.8 Å². The van der Waals surface area contributed by atoms with Crippen LogP contribution in [0.15, 0.2) is 18.2 Å². The second-order valence-electron chi connectivity index (χ2n) is 4.16. The fourth-order valence-corrected chi connectivity index (χ4v) is 1.31. The molecule has 2 N–H and O–H groups in total. The average Bonchev–Trinajstić information content (AvgIpc) is 2.27. The molecular formula is C13H19NO3. The molecule has 0 aliphatic heterocycles. The second-order valence-corrected chi connectivity index (χ2v) is 4.16. The maximum atomic E-state index is 11.1. The Morgan fingerprint density at radius 2 is 2.00 bits per heavy atom. The number of amides is 1. The van der Waals surface area contributed by atoms with Gasteiger partial charge in [0.05, 0.1) is 13.2 Å². The van der Waals surface area contributed by atoms with E-state index in [0.717, 1.165) is 0 Å². The fraction of sp³-hybridized carbons (Fsp3) is 0.462. The van der Waals surface area contributed by atoms with Crippen LogP contribution in [0.3, 0.4) is 0 Å². The molecule has 4 heteroatoms. The molecule has 94 valence electrons. The van der Waals surface area contributed by atoms with Crippen molar-refractivity contribution < 1.29 is 14.3 Å². The third-order valence-electron chi connectivity index (χ3n) is 2.10. The van der Waals surface area contributed by atoms with Crippen molar-refractivity contribution in [1.29, 1.82) is 0 Å². The highest BCUT2D eigenvalue weighted by molar-refractivity contribution is 5.93. The van der Waals surface area contributed by atoms with E-state index in [1.165, 1.54) is 0 Å². The van der Waals surface area contributed by atoms with Crippen LogP contribution in [0.4, 0.5) is 0 Å². The van der Waals surface area contributed by atoms with Crippen LogP contribution in [-0.2, 0) is 0 Å². The average molecular weight is 237 g/mol. The van der Waals surface area contributed by atoms with E-state index < -0.39 is 5.91 Å². The van der Waals surface area contributed by atoms with Gasteiger partial charge in [0.15, 0.2) is 11.5 Å². The van der Waals surface area contributed by atoms with Gasteiger partial charge in [-0.25, -0.2) is 0 Å². The molecule has 0 heterocycles. The molecule has 0 unspecified atom stereocenters. The van der Waals surface area contributed by atoms with E-state index in [9.17, 15) is 4.79 Å². The quantitative estimate of drug-likeness (QED) is 0.825. The first-order valence-electron chi connectivity index (χ1n) is 5.74. The van der Waals surface area contributed by atoms with Crippen LogP contribution in [-0.4, -0.2) is 19.1 Å². The lowest BCUT2D eigenvalue weighted by Gasteiger charge is -2.13. The van der Waals surface area contributed by atoms with Gasteiger partial charge < -0.3 is 15.2 Å². The summed E-state index contributed by atoms with van der Waals surface area (Å²) in [5, 5.41) is 0. The number of hydrogen-bond acceptors (Lipinski definition) is 3. The van der Waals surface area contributed by atoms with Gasteiger partial charge in [0, 0.05) is 5.56 Å². The monoisotopic (exact) mass is 237 g/mol. The van der Waals surface area contributed by atoms with Gasteiger partial charge in [-0.2, -0.15) is 0 Å². The Hall–Kier alpha value is -1.71. The van der Waals surface area contributed by atoms with Crippen LogP contribution in [0.25, 0.3) is 0 Å². The highest BCUT2D eigenvalue weighted by Crippen LogP contribution is 2.28. The van der Waals surface area contributed by atoms with Crippen molar-refractivity contribution in [3.63, 3.8) is 0 Å². The summed E-state index contributed by atoms with van der Waals surface area (Å²) >= 11 is 0. The molecule has 17 heavy (non-hydrogen) atoms. The highest BCUT2D eigenvalue weighted by Gasteiger charge is 2.09. The van der Waals surface area contributed by atoms with Crippen molar-refractivity contribution in [2.24, 2.45) is 11.7 Å². The van der Waals surface area contributed by atoms with Gasteiger partial charge in [-0.05, 0) is 31.0 Å². The van der Waals surface area contributed by atoms with Crippen LogP contribution in [0.5, 0.6) is 11.5 Å². The maximum absolute atomic E-state index is 11.1. The molecule has 0 saturated heterocycles. The van der Waals surface area contributed by atoms with Gasteiger partial charge >= 0.3 is 0 Å². The standard InChI is InChI=1S/C13H19NO3/c1-4-16-12-7-10(13(14)15)5-6-11(12)17-8-9(2)3/h5-7,9H,4,8H2,1-3H3,(H2,14,15). The lowest BCUT2D eigenvalue weighted by Crippen LogP contribution is -2.12. The van der Waals surface area contributed by atoms with Crippen molar-refractivity contribution in [1.82, 2.24) is 0 Å². The lowest BCUT2D eigenvalue weighted by molar-refractivity contribution is 0.0999. The molecule has 0 bridgehead atoms. The number of rotatable bonds is 6. The molecule has 0 aliphatic rings. The minimum Gasteiger partial charge on any atom is -0.490 e. The number of nitrogens with two attached hydrogens (primary N) is 1. The zero-order valence-electron chi connectivity index (χ0n) is 10.5. The molecule has 1 aromatic rings. The lowest BCUT2D eigenvalue weighted by atomic mass is 10.2. The van der Waals surface area contributed by atoms with Crippen LogP contribution in [0.1, 0.15) is 31.1 Å². The predicted octanol–water partition coefficient (Wildman–Crippen LogP) is 2.22. The van der Waals surface area contributed by atoms with Crippen LogP contribution >= 0.6 is 0 Å². The molecule has 0 saturated carbocycles. The smallest absolute Gasteiger partial charge is 0.248 e. The number of ether oxygens (including phenoxy) is 2. The molecule has 0 atom stereocenters. The summed E-state index contributed by atoms with van der Waals surface area (Å²) in [4.78, 5) is 11.1. The van der Waals surface area contributed by atoms with Gasteiger partial charge in [0.2, 0.25) is 5.91 Å². The molecule has 0 spiro atoms. The Kier molecular flexibility index (Phi) is 4.82. The summed E-state index contributed by atoms with van der Waals surface area (Å²) in [6.45, 7) is 7.13. The third-order valence-corrected chi connectivity index (χ3v) is 2.10. The van der Waals surface area contributed by atoms with Crippen molar-refractivity contribution in [2.45, 2.75) is 20.8 Å². The Bertz CT molecular complexity index is 388. The van der Waals surface area contributed by atoms with Crippen molar-refractivity contribution in [3.8, 4) is 11.5 Å². The largest absolute Gasteiger partial charge is 0.490 e. The van der Waals surface area contributed by atoms with Crippen LogP contribution in [0.2, 0.25) is 0 Å². The van der Waals surface area contributed by atoms with Gasteiger partial charge in [-0.3, -0.25) is 4.79 Å². The summed E-state index contributed by atoms with van der Waals surface area (Å²) in [7, 11) is 0. The first kappa shape index (κ1) is 13.4. The minimum atomic E-state index is -0.471. The van der Waals surface area contributed by atoms with E-state index in [-0.39, 0.29) is 0 Å². The molecular weight excluding hydrogens is 218 g/mol. The first-order chi connectivity index (χ1) is 8.04. The van der Waals surface area contributed by atoms with E-state index in [2.05, 4.69) is 13.8 Å². The topological polar surface area (TPSA) is 61.5 Å². The zero-order chi connectivity index (χ0) is 12.8. The molecule has 0 aromatic heterocycles. The molecule has 0 aliphatic carbocycles. The number of primary amides is 1. The predicted molar refractivity (Wildman–Crippen MR) is 66.5 cm³/mol. The van der Waals surface area contributed by atoms with Gasteiger partial charge in [0.1, 0.15) is 0 Å². The van der Waals surface area contributed by atoms with E-state index in [1.54, 1.807) is 18.2 Å². The summed E-state index contributed by atoms with van der Waals surface area (Å²) < 4.78 is 11.0. The summed E-state index contributed by atoms with van der Waals surface area (Å²) in [6.07, 6.45) is 0. The molecule has 1 aromatic carbocycles. The van der Waals surface area contributed by atoms with Gasteiger partial charge in [-0.1, -0.05) is 13.8 Å². The number of carbonyl (C=O) groups excluding carboxylic acids is 1. The number of benzene rings is 1. The summed E-state index contributed by atoms with van der Waals surface area (Å²) in [5.41, 5.74) is 5.64. The van der Waals surface area contributed by atoms with E-state index in [0.29, 0.717) is 36.2 Å². The van der Waals surface area contributed by atoms with Gasteiger partial charge in [0.25, 0.3) is 0 Å². The molecule has 4 nitrogen and oxygen atoms in total. The van der Waals surface area contributed by atoms with Crippen molar-refractivity contribution >= 4 is 5.91 Å². The summed E-state index contributed by atoms with van der Waals surface area (Å²) in [5.74, 6) is 1.16. The highest BCUT2D eigenvalue weighted by atomic mass is 16.5. The van der Waals surface area contributed by atoms with Crippen LogP contribution in [0, 0.1) is 5.92 Å². The van der Waals surface area contributed by atoms with E-state index in [4.69, 9.17) is 15.2 Å². The number of carbonyl (C=O) groups is 1. The van der Waals surface area contributed by atoms with E-state index in [1.807, 2.05) is 6.92 Å². The Morgan fingerprint density at radius 3 is 2.53 bits per heavy atom. The molecule has 0 fully saturated rings. The normalized spacial score (nSPS) is 10.4. The SMILES string of the molecule is CCOc1cc(C(N)=O)ccc1OCC(C)C. The van der Waals surface area contributed by atoms with E-state index >= 15 is 0 Å². The molecule has 1 rings (SSSR count). The Balaban J connectivity index is 2.91. The zero-order valence-corrected chi connectivity index (χ0v) is 10.5. The third kappa shape index (κ3) is 3.98. The molecule has 1 amide bonds. The van der Waals surface area contributed by atoms with Crippen LogP contribution < -0.4 is 15.2 Å². The maximum Gasteiger partial charge on any atom is 0.248 e. The Morgan fingerprint density at radius 1 is 1.29 bits per heavy atom. The second kappa shape index (κ2) is 6.13. The summed E-state index contributed by atoms with van der Waals surface area (Å²) in [6, 6.07) is 4.97. The first-order valence-corrected chi connectivity index (χ1v) is 5.74. The van der Waals surface area contributed by atoms with Gasteiger partial charge in [-0.15, -0.1) is 0 Å². The molecule has 0 radical (unpaired) electrons. The number of hydrogen-bond donors (Lipinski definition) is 1. The Labute approximate surface area is 102 Å².